The number of anilines is 1. The van der Waals surface area contributed by atoms with E-state index in [1.54, 1.807) is 25.4 Å². The van der Waals surface area contributed by atoms with Crippen LogP contribution in [0.4, 0.5) is 10.7 Å². The van der Waals surface area contributed by atoms with Crippen molar-refractivity contribution in [1.29, 1.82) is 0 Å². The molecule has 10 nitrogen and oxygen atoms in total. The summed E-state index contributed by atoms with van der Waals surface area (Å²) < 4.78 is 6.79. The van der Waals surface area contributed by atoms with E-state index < -0.39 is 12.1 Å². The Balaban J connectivity index is 1.97. The van der Waals surface area contributed by atoms with Crippen molar-refractivity contribution in [2.24, 2.45) is 0 Å². The Morgan fingerprint density at radius 1 is 1.30 bits per heavy atom. The number of hydrogen-bond donors (Lipinski definition) is 2. The first-order chi connectivity index (χ1) is 11.1. The molecule has 1 amide bonds. The molecule has 0 radical (unpaired) electrons. The number of amides is 1. The second-order valence-electron chi connectivity index (χ2n) is 5.00. The Morgan fingerprint density at radius 3 is 2.65 bits per heavy atom. The number of nitrogens with one attached hydrogen (secondary N) is 1. The van der Waals surface area contributed by atoms with Crippen molar-refractivity contribution in [3.05, 3.63) is 24.3 Å². The van der Waals surface area contributed by atoms with E-state index in [9.17, 15) is 4.79 Å². The van der Waals surface area contributed by atoms with Crippen LogP contribution in [0.25, 0.3) is 5.95 Å². The predicted molar refractivity (Wildman–Crippen MR) is 79.6 cm³/mol. The lowest BCUT2D eigenvalue weighted by Gasteiger charge is -2.25. The minimum atomic E-state index is -1.13. The van der Waals surface area contributed by atoms with E-state index in [2.05, 4.69) is 25.4 Å². The Labute approximate surface area is 132 Å². The number of carboxylic acid groups (broad SMARTS) is 1. The van der Waals surface area contributed by atoms with Crippen LogP contribution in [0.15, 0.2) is 18.5 Å². The van der Waals surface area contributed by atoms with Gasteiger partial charge in [0.2, 0.25) is 5.95 Å². The summed E-state index contributed by atoms with van der Waals surface area (Å²) in [5.41, 5.74) is 0. The van der Waals surface area contributed by atoms with Gasteiger partial charge in [-0.15, -0.1) is 5.10 Å². The number of rotatable bonds is 4. The highest BCUT2D eigenvalue weighted by atomic mass is 16.5. The van der Waals surface area contributed by atoms with E-state index >= 15 is 0 Å². The fourth-order valence-corrected chi connectivity index (χ4v) is 2.29. The molecule has 1 unspecified atom stereocenters. The topological polar surface area (TPSA) is 118 Å². The Morgan fingerprint density at radius 2 is 2.00 bits per heavy atom. The van der Waals surface area contributed by atoms with Gasteiger partial charge in [-0.25, -0.2) is 14.8 Å². The first kappa shape index (κ1) is 15.2. The molecule has 122 valence electrons. The molecular weight excluding hydrogens is 302 g/mol. The van der Waals surface area contributed by atoms with Crippen LogP contribution in [0.3, 0.4) is 0 Å². The van der Waals surface area contributed by atoms with Crippen molar-refractivity contribution in [2.75, 3.05) is 31.2 Å². The van der Waals surface area contributed by atoms with Crippen LogP contribution in [-0.4, -0.2) is 62.2 Å². The molecule has 2 aromatic heterocycles. The Bertz CT molecular complexity index is 669. The summed E-state index contributed by atoms with van der Waals surface area (Å²) in [7, 11) is 0. The summed E-state index contributed by atoms with van der Waals surface area (Å²) in [6.45, 7) is 4.27. The maximum absolute atomic E-state index is 10.9. The lowest BCUT2D eigenvalue weighted by atomic mass is 10.3. The zero-order valence-electron chi connectivity index (χ0n) is 12.6. The summed E-state index contributed by atoms with van der Waals surface area (Å²) in [5.74, 6) is 1.28. The molecule has 0 spiro atoms. The van der Waals surface area contributed by atoms with Crippen LogP contribution in [0.5, 0.6) is 0 Å². The third kappa shape index (κ3) is 3.37. The zero-order chi connectivity index (χ0) is 16.2. The average Bonchev–Trinajstić information content (AvgIpc) is 3.01. The normalized spacial score (nSPS) is 16.1. The SMILES string of the molecule is CC(NC(=O)O)c1nc(N2CCOCC2)nn1-c1ncccn1. The fraction of sp³-hybridized carbons (Fsp3) is 0.462. The van der Waals surface area contributed by atoms with Gasteiger partial charge in [0.05, 0.1) is 19.3 Å². The molecule has 2 N–H and O–H groups in total. The number of ether oxygens (including phenoxy) is 1. The molecule has 1 atom stereocenters. The van der Waals surface area contributed by atoms with Gasteiger partial charge in [0, 0.05) is 25.5 Å². The van der Waals surface area contributed by atoms with Crippen molar-refractivity contribution in [3.63, 3.8) is 0 Å². The summed E-state index contributed by atoms with van der Waals surface area (Å²) in [4.78, 5) is 25.7. The van der Waals surface area contributed by atoms with Crippen LogP contribution < -0.4 is 10.2 Å². The van der Waals surface area contributed by atoms with Crippen molar-refractivity contribution in [1.82, 2.24) is 30.0 Å². The van der Waals surface area contributed by atoms with Gasteiger partial charge < -0.3 is 20.1 Å². The second kappa shape index (κ2) is 6.57. The largest absolute Gasteiger partial charge is 0.465 e. The average molecular weight is 319 g/mol. The maximum Gasteiger partial charge on any atom is 0.405 e. The van der Waals surface area contributed by atoms with E-state index in [0.29, 0.717) is 44.0 Å². The highest BCUT2D eigenvalue weighted by Gasteiger charge is 2.24. The van der Waals surface area contributed by atoms with E-state index in [4.69, 9.17) is 9.84 Å². The van der Waals surface area contributed by atoms with Gasteiger partial charge in [-0.3, -0.25) is 0 Å². The third-order valence-corrected chi connectivity index (χ3v) is 3.38. The van der Waals surface area contributed by atoms with E-state index in [1.807, 2.05) is 4.90 Å². The van der Waals surface area contributed by atoms with Crippen LogP contribution >= 0.6 is 0 Å². The lowest BCUT2D eigenvalue weighted by molar-refractivity contribution is 0.122. The molecule has 0 aliphatic carbocycles. The van der Waals surface area contributed by atoms with E-state index in [1.165, 1.54) is 4.68 Å². The summed E-state index contributed by atoms with van der Waals surface area (Å²) in [5, 5.41) is 15.8. The van der Waals surface area contributed by atoms with Gasteiger partial charge in [0.25, 0.3) is 5.95 Å². The van der Waals surface area contributed by atoms with Gasteiger partial charge in [-0.1, -0.05) is 0 Å². The monoisotopic (exact) mass is 319 g/mol. The standard InChI is InChI=1S/C13H17N7O3/c1-9(16-13(21)22)10-17-12(19-5-7-23-8-6-19)18-20(10)11-14-3-2-4-15-11/h2-4,9,16H,5-8H2,1H3,(H,21,22). The molecule has 1 aliphatic heterocycles. The Hall–Kier alpha value is -2.75. The van der Waals surface area contributed by atoms with E-state index in [-0.39, 0.29) is 0 Å². The van der Waals surface area contributed by atoms with Gasteiger partial charge in [0.15, 0.2) is 5.82 Å². The van der Waals surface area contributed by atoms with Gasteiger partial charge >= 0.3 is 6.09 Å². The molecule has 3 rings (SSSR count). The van der Waals surface area contributed by atoms with Gasteiger partial charge in [-0.2, -0.15) is 9.67 Å². The molecule has 3 heterocycles. The number of nitrogens with zero attached hydrogens (tertiary/aromatic N) is 6. The highest BCUT2D eigenvalue weighted by Crippen LogP contribution is 2.18. The number of hydrogen-bond acceptors (Lipinski definition) is 7. The molecule has 0 aromatic carbocycles. The predicted octanol–water partition coefficient (Wildman–Crippen LogP) is 0.222. The molecule has 23 heavy (non-hydrogen) atoms. The first-order valence-corrected chi connectivity index (χ1v) is 7.21. The van der Waals surface area contributed by atoms with Gasteiger partial charge in [-0.05, 0) is 13.0 Å². The molecule has 1 aliphatic rings. The quantitative estimate of drug-likeness (QED) is 0.821. The van der Waals surface area contributed by atoms with Gasteiger partial charge in [0.1, 0.15) is 0 Å². The minimum absolute atomic E-state index is 0.341. The Kier molecular flexibility index (Phi) is 4.33. The summed E-state index contributed by atoms with van der Waals surface area (Å²) in [6, 6.07) is 1.14. The smallest absolute Gasteiger partial charge is 0.405 e. The van der Waals surface area contributed by atoms with Crippen molar-refractivity contribution >= 4 is 12.0 Å². The fourth-order valence-electron chi connectivity index (χ4n) is 2.29. The molecule has 0 bridgehead atoms. The number of carbonyl (C=O) groups is 1. The molecule has 0 saturated carbocycles. The maximum atomic E-state index is 10.9. The first-order valence-electron chi connectivity index (χ1n) is 7.21. The minimum Gasteiger partial charge on any atom is -0.465 e. The molecule has 1 saturated heterocycles. The van der Waals surface area contributed by atoms with Crippen LogP contribution in [0.1, 0.15) is 18.8 Å². The molecule has 10 heteroatoms. The number of morpholine rings is 1. The van der Waals surface area contributed by atoms with Crippen molar-refractivity contribution in [2.45, 2.75) is 13.0 Å². The van der Waals surface area contributed by atoms with Crippen molar-refractivity contribution in [3.8, 4) is 5.95 Å². The van der Waals surface area contributed by atoms with Crippen LogP contribution in [-0.2, 0) is 4.74 Å². The number of aromatic nitrogens is 5. The zero-order valence-corrected chi connectivity index (χ0v) is 12.6. The summed E-state index contributed by atoms with van der Waals surface area (Å²) in [6.07, 6.45) is 2.06. The molecule has 2 aromatic rings. The summed E-state index contributed by atoms with van der Waals surface area (Å²) >= 11 is 0. The van der Waals surface area contributed by atoms with Crippen LogP contribution in [0, 0.1) is 0 Å². The van der Waals surface area contributed by atoms with E-state index in [0.717, 1.165) is 0 Å². The van der Waals surface area contributed by atoms with Crippen molar-refractivity contribution < 1.29 is 14.6 Å². The molecular formula is C13H17N7O3. The lowest BCUT2D eigenvalue weighted by Crippen LogP contribution is -2.37. The third-order valence-electron chi connectivity index (χ3n) is 3.38. The highest BCUT2D eigenvalue weighted by molar-refractivity contribution is 5.65. The van der Waals surface area contributed by atoms with Crippen LogP contribution in [0.2, 0.25) is 0 Å². The second-order valence-corrected chi connectivity index (χ2v) is 5.00. The molecule has 1 fully saturated rings.